The van der Waals surface area contributed by atoms with Gasteiger partial charge in [-0.2, -0.15) is 0 Å². The van der Waals surface area contributed by atoms with Gasteiger partial charge in [0.15, 0.2) is 6.10 Å². The summed E-state index contributed by atoms with van der Waals surface area (Å²) in [7, 11) is 0. The first kappa shape index (κ1) is 18.5. The molecule has 1 amide bonds. The van der Waals surface area contributed by atoms with Crippen LogP contribution in [0.2, 0.25) is 0 Å². The first-order valence-electron chi connectivity index (χ1n) is 8.42. The van der Waals surface area contributed by atoms with E-state index < -0.39 is 29.6 Å². The minimum Gasteiger partial charge on any atom is -0.448 e. The minimum absolute atomic E-state index is 0.293. The number of benzene rings is 1. The Morgan fingerprint density at radius 3 is 2.85 bits per heavy atom. The lowest BCUT2D eigenvalue weighted by Crippen LogP contribution is -2.30. The van der Waals surface area contributed by atoms with Crippen molar-refractivity contribution in [2.45, 2.75) is 39.2 Å². The molecule has 1 aromatic carbocycles. The first-order valence-corrected chi connectivity index (χ1v) is 9.23. The maximum Gasteiger partial charge on any atom is 0.349 e. The molecule has 1 aliphatic carbocycles. The molecule has 2 aromatic rings. The number of anilines is 1. The highest BCUT2D eigenvalue weighted by atomic mass is 32.1. The average molecular weight is 379 g/mol. The van der Waals surface area contributed by atoms with Crippen LogP contribution in [0.3, 0.4) is 0 Å². The normalized spacial score (nSPS) is 17.3. The number of halogens is 2. The van der Waals surface area contributed by atoms with Crippen molar-refractivity contribution in [3.05, 3.63) is 51.2 Å². The predicted molar refractivity (Wildman–Crippen MR) is 95.4 cm³/mol. The van der Waals surface area contributed by atoms with E-state index in [2.05, 4.69) is 12.2 Å². The van der Waals surface area contributed by atoms with Crippen molar-refractivity contribution in [1.82, 2.24) is 0 Å². The number of fused-ring (bicyclic) bond motifs is 1. The Morgan fingerprint density at radius 1 is 1.31 bits per heavy atom. The van der Waals surface area contributed by atoms with Crippen LogP contribution in [0.15, 0.2) is 24.3 Å². The summed E-state index contributed by atoms with van der Waals surface area (Å²) in [5, 5.41) is 2.23. The Balaban J connectivity index is 1.63. The molecule has 4 nitrogen and oxygen atoms in total. The van der Waals surface area contributed by atoms with E-state index in [0.29, 0.717) is 10.8 Å². The monoisotopic (exact) mass is 379 g/mol. The lowest BCUT2D eigenvalue weighted by atomic mass is 9.90. The molecule has 0 aliphatic heterocycles. The zero-order valence-electron chi connectivity index (χ0n) is 14.5. The molecule has 138 valence electrons. The summed E-state index contributed by atoms with van der Waals surface area (Å²) in [4.78, 5) is 26.1. The van der Waals surface area contributed by atoms with Gasteiger partial charge in [0, 0.05) is 10.9 Å². The van der Waals surface area contributed by atoms with E-state index in [0.717, 1.165) is 37.5 Å². The van der Waals surface area contributed by atoms with E-state index in [4.69, 9.17) is 4.74 Å². The van der Waals surface area contributed by atoms with Crippen molar-refractivity contribution in [1.29, 1.82) is 0 Å². The maximum atomic E-state index is 13.6. The van der Waals surface area contributed by atoms with Crippen LogP contribution in [-0.2, 0) is 22.4 Å². The molecule has 7 heteroatoms. The summed E-state index contributed by atoms with van der Waals surface area (Å²) in [6, 6.07) is 4.57. The summed E-state index contributed by atoms with van der Waals surface area (Å²) >= 11 is 1.39. The van der Waals surface area contributed by atoms with Gasteiger partial charge in [-0.25, -0.2) is 13.6 Å². The zero-order chi connectivity index (χ0) is 18.8. The quantitative estimate of drug-likeness (QED) is 0.805. The third kappa shape index (κ3) is 4.09. The van der Waals surface area contributed by atoms with Crippen molar-refractivity contribution < 1.29 is 23.1 Å². The number of hydrogen-bond acceptors (Lipinski definition) is 4. The number of thiophene rings is 1. The molecule has 0 radical (unpaired) electrons. The van der Waals surface area contributed by atoms with Gasteiger partial charge in [0.1, 0.15) is 16.5 Å². The number of esters is 1. The number of rotatable bonds is 4. The minimum atomic E-state index is -1.14. The fourth-order valence-corrected chi connectivity index (χ4v) is 4.00. The number of carbonyl (C=O) groups excluding carboxylic acids is 2. The molecule has 1 N–H and O–H groups in total. The Bertz CT molecular complexity index is 849. The highest BCUT2D eigenvalue weighted by Crippen LogP contribution is 2.32. The fourth-order valence-electron chi connectivity index (χ4n) is 2.91. The summed E-state index contributed by atoms with van der Waals surface area (Å²) in [6.07, 6.45) is 1.85. The summed E-state index contributed by atoms with van der Waals surface area (Å²) in [6.45, 7) is 3.57. The standard InChI is InChI=1S/C19H19F2NO3S/c1-10-3-6-16-12(7-10)8-17(26-16)19(24)25-11(2)18(23)22-15-9-13(20)4-5-14(15)21/h4-5,8-11H,3,6-7H2,1-2H3,(H,22,23)/t10-,11+/m1/s1. The lowest BCUT2D eigenvalue weighted by Gasteiger charge is -2.16. The van der Waals surface area contributed by atoms with E-state index >= 15 is 0 Å². The fraction of sp³-hybridized carbons (Fsp3) is 0.368. The lowest BCUT2D eigenvalue weighted by molar-refractivity contribution is -0.123. The van der Waals surface area contributed by atoms with Crippen LogP contribution in [0.1, 0.15) is 40.4 Å². The van der Waals surface area contributed by atoms with Crippen LogP contribution in [-0.4, -0.2) is 18.0 Å². The molecule has 3 rings (SSSR count). The number of ether oxygens (including phenoxy) is 1. The Hall–Kier alpha value is -2.28. The maximum absolute atomic E-state index is 13.6. The molecule has 0 saturated heterocycles. The van der Waals surface area contributed by atoms with Gasteiger partial charge in [-0.15, -0.1) is 11.3 Å². The van der Waals surface area contributed by atoms with Crippen molar-refractivity contribution in [3.63, 3.8) is 0 Å². The SMILES string of the molecule is C[C@@H]1CCc2sc(C(=O)O[C@@H](C)C(=O)Nc3cc(F)ccc3F)cc2C1. The Kier molecular flexibility index (Phi) is 5.36. The molecule has 1 aromatic heterocycles. The Labute approximate surface area is 154 Å². The summed E-state index contributed by atoms with van der Waals surface area (Å²) in [5.74, 6) is -2.16. The third-order valence-electron chi connectivity index (χ3n) is 4.37. The van der Waals surface area contributed by atoms with E-state index in [1.807, 2.05) is 6.07 Å². The second-order valence-electron chi connectivity index (χ2n) is 6.57. The van der Waals surface area contributed by atoms with Gasteiger partial charge < -0.3 is 10.1 Å². The van der Waals surface area contributed by atoms with Gasteiger partial charge in [-0.05, 0) is 55.9 Å². The smallest absolute Gasteiger partial charge is 0.349 e. The zero-order valence-corrected chi connectivity index (χ0v) is 15.3. The number of aryl methyl sites for hydroxylation is 1. The molecule has 2 atom stereocenters. The number of amides is 1. The van der Waals surface area contributed by atoms with Crippen LogP contribution in [0.4, 0.5) is 14.5 Å². The van der Waals surface area contributed by atoms with Crippen molar-refractivity contribution in [2.75, 3.05) is 5.32 Å². The second kappa shape index (κ2) is 7.53. The number of nitrogens with one attached hydrogen (secondary N) is 1. The molecule has 1 aliphatic rings. The molecule has 0 saturated carbocycles. The topological polar surface area (TPSA) is 55.4 Å². The van der Waals surface area contributed by atoms with E-state index in [1.165, 1.54) is 28.7 Å². The molecular weight excluding hydrogens is 360 g/mol. The van der Waals surface area contributed by atoms with Gasteiger partial charge in [0.05, 0.1) is 5.69 Å². The van der Waals surface area contributed by atoms with Crippen molar-refractivity contribution in [2.24, 2.45) is 5.92 Å². The highest BCUT2D eigenvalue weighted by Gasteiger charge is 2.24. The molecule has 0 fully saturated rings. The van der Waals surface area contributed by atoms with Crippen molar-refractivity contribution >= 4 is 28.9 Å². The number of hydrogen-bond donors (Lipinski definition) is 1. The van der Waals surface area contributed by atoms with Gasteiger partial charge in [-0.3, -0.25) is 4.79 Å². The predicted octanol–water partition coefficient (Wildman–Crippen LogP) is 4.34. The van der Waals surface area contributed by atoms with E-state index in [1.54, 1.807) is 0 Å². The van der Waals surface area contributed by atoms with Crippen LogP contribution >= 0.6 is 11.3 Å². The molecule has 0 spiro atoms. The molecular formula is C19H19F2NO3S. The van der Waals surface area contributed by atoms with Gasteiger partial charge in [0.2, 0.25) is 0 Å². The second-order valence-corrected chi connectivity index (χ2v) is 7.70. The van der Waals surface area contributed by atoms with Gasteiger partial charge in [-0.1, -0.05) is 6.92 Å². The average Bonchev–Trinajstić information content (AvgIpc) is 3.01. The molecule has 26 heavy (non-hydrogen) atoms. The molecule has 0 unspecified atom stereocenters. The van der Waals surface area contributed by atoms with Crippen LogP contribution in [0.5, 0.6) is 0 Å². The van der Waals surface area contributed by atoms with Crippen LogP contribution in [0, 0.1) is 17.6 Å². The highest BCUT2D eigenvalue weighted by molar-refractivity contribution is 7.14. The van der Waals surface area contributed by atoms with Gasteiger partial charge in [0.25, 0.3) is 5.91 Å². The van der Waals surface area contributed by atoms with E-state index in [9.17, 15) is 18.4 Å². The third-order valence-corrected chi connectivity index (χ3v) is 5.59. The molecule has 0 bridgehead atoms. The van der Waals surface area contributed by atoms with Crippen molar-refractivity contribution in [3.8, 4) is 0 Å². The van der Waals surface area contributed by atoms with Gasteiger partial charge >= 0.3 is 5.97 Å². The van der Waals surface area contributed by atoms with Crippen LogP contribution in [0.25, 0.3) is 0 Å². The van der Waals surface area contributed by atoms with Crippen LogP contribution < -0.4 is 5.32 Å². The summed E-state index contributed by atoms with van der Waals surface area (Å²) in [5.41, 5.74) is 0.873. The Morgan fingerprint density at radius 2 is 2.08 bits per heavy atom. The molecule has 1 heterocycles. The van der Waals surface area contributed by atoms with E-state index in [-0.39, 0.29) is 5.69 Å². The largest absolute Gasteiger partial charge is 0.448 e. The summed E-state index contributed by atoms with van der Waals surface area (Å²) < 4.78 is 32.0. The number of carbonyl (C=O) groups is 2. The first-order chi connectivity index (χ1) is 12.3.